The van der Waals surface area contributed by atoms with Crippen molar-refractivity contribution in [2.75, 3.05) is 5.73 Å². The van der Waals surface area contributed by atoms with Gasteiger partial charge in [0.05, 0.1) is 40.5 Å². The Morgan fingerprint density at radius 1 is 0.977 bits per heavy atom. The minimum Gasteiger partial charge on any atom is -0.383 e. The average molecular weight is 574 g/mol. The first-order valence-corrected chi connectivity index (χ1v) is 14.2. The third-order valence-corrected chi connectivity index (χ3v) is 8.83. The number of amides is 1. The second kappa shape index (κ2) is 9.54. The fraction of sp³-hybridized carbons (Fsp3) is 0.267. The summed E-state index contributed by atoms with van der Waals surface area (Å²) in [5.74, 6) is 0.171. The normalized spacial score (nSPS) is 19.8. The Labute approximate surface area is 244 Å². The highest BCUT2D eigenvalue weighted by molar-refractivity contribution is 6.00. The van der Waals surface area contributed by atoms with E-state index in [0.29, 0.717) is 29.7 Å². The van der Waals surface area contributed by atoms with Gasteiger partial charge in [0.15, 0.2) is 11.4 Å². The van der Waals surface area contributed by atoms with E-state index in [1.165, 1.54) is 17.8 Å². The van der Waals surface area contributed by atoms with Crippen molar-refractivity contribution >= 4 is 34.2 Å². The van der Waals surface area contributed by atoms with E-state index in [0.717, 1.165) is 46.3 Å². The van der Waals surface area contributed by atoms with Crippen LogP contribution < -0.4 is 5.73 Å². The maximum absolute atomic E-state index is 13.2. The molecule has 0 radical (unpaired) electrons. The second-order valence-corrected chi connectivity index (χ2v) is 11.3. The first-order valence-electron chi connectivity index (χ1n) is 14.2. The number of benzene rings is 1. The number of anilines is 1. The van der Waals surface area contributed by atoms with Gasteiger partial charge >= 0.3 is 0 Å². The lowest BCUT2D eigenvalue weighted by Crippen LogP contribution is -2.46. The summed E-state index contributed by atoms with van der Waals surface area (Å²) in [6, 6.07) is 9.96. The summed E-state index contributed by atoms with van der Waals surface area (Å²) in [4.78, 5) is 48.1. The van der Waals surface area contributed by atoms with Crippen molar-refractivity contribution < 1.29 is 9.59 Å². The molecule has 0 aliphatic carbocycles. The molecule has 2 saturated heterocycles. The predicted molar refractivity (Wildman–Crippen MR) is 157 cm³/mol. The number of hydrogen-bond acceptors (Lipinski definition) is 9. The van der Waals surface area contributed by atoms with Crippen molar-refractivity contribution in [1.82, 2.24) is 49.6 Å². The Balaban J connectivity index is 1.15. The molecular weight excluding hydrogens is 546 g/mol. The van der Waals surface area contributed by atoms with Crippen LogP contribution in [0.5, 0.6) is 0 Å². The second-order valence-electron chi connectivity index (χ2n) is 11.3. The highest BCUT2D eigenvalue weighted by atomic mass is 16.2. The van der Waals surface area contributed by atoms with Gasteiger partial charge < -0.3 is 20.6 Å². The monoisotopic (exact) mass is 573 g/mol. The summed E-state index contributed by atoms with van der Waals surface area (Å²) in [6.07, 6.45) is 9.73. The standard InChI is InChI=1S/C30H27N11O2/c1-15(42)25-26(18-8-19-4-5-20(9-18)40(19)30(43)28-35-14-36-39-28)38-29-21(12-37-41(29)27(25)31)17-3-6-22(32-11-17)16-2-7-23-24(10-16)34-13-33-23/h2-3,6-7,10-14,18-20H,4-5,8-9,31H2,1H3,(H,33,34)(H,35,36,39)/t18?,19-,20+. The number of fused-ring (bicyclic) bond motifs is 4. The van der Waals surface area contributed by atoms with Gasteiger partial charge in [-0.3, -0.25) is 14.6 Å². The van der Waals surface area contributed by atoms with Crippen molar-refractivity contribution in [1.29, 1.82) is 0 Å². The number of carbonyl (C=O) groups is 2. The van der Waals surface area contributed by atoms with Gasteiger partial charge in [0, 0.05) is 40.9 Å². The van der Waals surface area contributed by atoms with Gasteiger partial charge in [0.25, 0.3) is 5.91 Å². The largest absolute Gasteiger partial charge is 0.383 e. The zero-order valence-electron chi connectivity index (χ0n) is 23.2. The summed E-state index contributed by atoms with van der Waals surface area (Å²) < 4.78 is 1.53. The number of hydrogen-bond donors (Lipinski definition) is 3. The zero-order valence-corrected chi connectivity index (χ0v) is 23.2. The molecule has 13 nitrogen and oxygen atoms in total. The maximum atomic E-state index is 13.2. The van der Waals surface area contributed by atoms with Crippen LogP contribution in [-0.2, 0) is 0 Å². The van der Waals surface area contributed by atoms with Crippen LogP contribution >= 0.6 is 0 Å². The van der Waals surface area contributed by atoms with Gasteiger partial charge in [-0.1, -0.05) is 12.1 Å². The minimum atomic E-state index is -0.160. The van der Waals surface area contributed by atoms with E-state index >= 15 is 0 Å². The Bertz CT molecular complexity index is 2010. The molecule has 43 heavy (non-hydrogen) atoms. The van der Waals surface area contributed by atoms with E-state index in [1.54, 1.807) is 18.7 Å². The van der Waals surface area contributed by atoms with E-state index < -0.39 is 0 Å². The molecule has 214 valence electrons. The number of nitrogens with zero attached hydrogens (tertiary/aromatic N) is 8. The fourth-order valence-electron chi connectivity index (χ4n) is 6.88. The molecule has 1 unspecified atom stereocenters. The Hall–Kier alpha value is -5.46. The van der Waals surface area contributed by atoms with E-state index in [-0.39, 0.29) is 41.3 Å². The lowest BCUT2D eigenvalue weighted by atomic mass is 9.85. The molecule has 13 heteroatoms. The topological polar surface area (TPSA) is 177 Å². The van der Waals surface area contributed by atoms with Crippen LogP contribution in [0, 0.1) is 0 Å². The molecule has 2 fully saturated rings. The van der Waals surface area contributed by atoms with Crippen LogP contribution in [0.3, 0.4) is 0 Å². The molecule has 8 rings (SSSR count). The Kier molecular flexibility index (Phi) is 5.61. The zero-order chi connectivity index (χ0) is 29.2. The number of ketones is 1. The highest BCUT2D eigenvalue weighted by Gasteiger charge is 2.45. The number of imidazole rings is 1. The average Bonchev–Trinajstić information content (AvgIpc) is 3.83. The predicted octanol–water partition coefficient (Wildman–Crippen LogP) is 3.79. The molecular formula is C30H27N11O2. The number of Topliss-reactive ketones (excluding diaryl/α,β-unsaturated/α-hetero) is 1. The van der Waals surface area contributed by atoms with Crippen LogP contribution in [-0.4, -0.2) is 73.4 Å². The third-order valence-electron chi connectivity index (χ3n) is 8.83. The molecule has 2 bridgehead atoms. The number of nitrogens with one attached hydrogen (secondary N) is 2. The van der Waals surface area contributed by atoms with Crippen LogP contribution in [0.15, 0.2) is 55.4 Å². The number of carbonyl (C=O) groups excluding carboxylic acids is 2. The molecule has 1 amide bonds. The third kappa shape index (κ3) is 3.99. The van der Waals surface area contributed by atoms with Gasteiger partial charge in [0.1, 0.15) is 12.1 Å². The van der Waals surface area contributed by atoms with Crippen LogP contribution in [0.4, 0.5) is 5.82 Å². The van der Waals surface area contributed by atoms with Gasteiger partial charge in [-0.15, -0.1) is 10.2 Å². The fourth-order valence-corrected chi connectivity index (χ4v) is 6.88. The summed E-state index contributed by atoms with van der Waals surface area (Å²) in [7, 11) is 0. The number of rotatable bonds is 5. The molecule has 5 aromatic heterocycles. The summed E-state index contributed by atoms with van der Waals surface area (Å²) in [5, 5.41) is 12.2. The lowest BCUT2D eigenvalue weighted by Gasteiger charge is -2.38. The first kappa shape index (κ1) is 25.3. The number of nitrogen functional groups attached to an aromatic ring is 1. The Morgan fingerprint density at radius 3 is 2.51 bits per heavy atom. The molecule has 3 atom stereocenters. The molecule has 1 aromatic carbocycles. The van der Waals surface area contributed by atoms with Crippen molar-refractivity contribution in [2.24, 2.45) is 0 Å². The highest BCUT2D eigenvalue weighted by Crippen LogP contribution is 2.45. The number of H-pyrrole nitrogens is 2. The minimum absolute atomic E-state index is 0.0162. The van der Waals surface area contributed by atoms with E-state index in [2.05, 4.69) is 30.2 Å². The molecule has 4 N–H and O–H groups in total. The number of piperidine rings is 1. The summed E-state index contributed by atoms with van der Waals surface area (Å²) in [6.45, 7) is 1.51. The van der Waals surface area contributed by atoms with Crippen LogP contribution in [0.1, 0.15) is 65.2 Å². The van der Waals surface area contributed by atoms with Gasteiger partial charge in [-0.05, 0) is 50.8 Å². The van der Waals surface area contributed by atoms with Crippen LogP contribution in [0.2, 0.25) is 0 Å². The number of nitrogens with two attached hydrogens (primary N) is 1. The SMILES string of the molecule is CC(=O)c1c(C2C[C@H]3CC[C@@H](C2)N3C(=O)c2nnc[nH]2)nc2c(-c3ccc(-c4ccc5nc[nH]c5c4)nc3)cnn2c1N. The molecule has 0 spiro atoms. The molecule has 0 saturated carbocycles. The van der Waals surface area contributed by atoms with Gasteiger partial charge in [-0.2, -0.15) is 9.61 Å². The molecule has 7 heterocycles. The van der Waals surface area contributed by atoms with Crippen molar-refractivity contribution in [2.45, 2.75) is 50.6 Å². The van der Waals surface area contributed by atoms with Gasteiger partial charge in [0.2, 0.25) is 5.82 Å². The van der Waals surface area contributed by atoms with Crippen molar-refractivity contribution in [3.05, 3.63) is 72.5 Å². The van der Waals surface area contributed by atoms with Crippen molar-refractivity contribution in [3.63, 3.8) is 0 Å². The smallest absolute Gasteiger partial charge is 0.292 e. The lowest BCUT2D eigenvalue weighted by molar-refractivity contribution is 0.0556. The van der Waals surface area contributed by atoms with E-state index in [4.69, 9.17) is 15.7 Å². The summed E-state index contributed by atoms with van der Waals surface area (Å²) >= 11 is 0. The van der Waals surface area contributed by atoms with Crippen molar-refractivity contribution in [3.8, 4) is 22.4 Å². The summed E-state index contributed by atoms with van der Waals surface area (Å²) in [5.41, 5.74) is 13.5. The molecule has 6 aromatic rings. The quantitative estimate of drug-likeness (QED) is 0.259. The van der Waals surface area contributed by atoms with Gasteiger partial charge in [-0.25, -0.2) is 9.97 Å². The number of aromatic nitrogens is 9. The molecule has 2 aliphatic rings. The number of pyridine rings is 1. The maximum Gasteiger partial charge on any atom is 0.292 e. The van der Waals surface area contributed by atoms with E-state index in [9.17, 15) is 9.59 Å². The van der Waals surface area contributed by atoms with E-state index in [1.807, 2.05) is 35.2 Å². The number of aromatic amines is 2. The first-order chi connectivity index (χ1) is 21.0. The Morgan fingerprint density at radius 2 is 1.79 bits per heavy atom. The molecule has 2 aliphatic heterocycles. The van der Waals surface area contributed by atoms with Crippen LogP contribution in [0.25, 0.3) is 39.1 Å².